The third-order valence-electron chi connectivity index (χ3n) is 3.23. The molecule has 3 nitrogen and oxygen atoms in total. The summed E-state index contributed by atoms with van der Waals surface area (Å²) in [4.78, 5) is 21.1. The molecule has 0 fully saturated rings. The quantitative estimate of drug-likeness (QED) is 0.654. The molecule has 0 spiro atoms. The third-order valence-corrected chi connectivity index (χ3v) is 3.23. The van der Waals surface area contributed by atoms with Crippen LogP contribution in [0.3, 0.4) is 0 Å². The minimum atomic E-state index is -0.358. The maximum absolute atomic E-state index is 11.1. The van der Waals surface area contributed by atoms with E-state index in [1.54, 1.807) is 12.1 Å². The summed E-state index contributed by atoms with van der Waals surface area (Å²) in [6.45, 7) is 12.2. The van der Waals surface area contributed by atoms with E-state index in [1.165, 1.54) is 6.42 Å². The molecule has 0 saturated heterocycles. The van der Waals surface area contributed by atoms with Gasteiger partial charge in [0.1, 0.15) is 0 Å². The fourth-order valence-electron chi connectivity index (χ4n) is 1.49. The summed E-state index contributed by atoms with van der Waals surface area (Å²) in [5.74, 6) is -0.358. The molecule has 0 saturated carbocycles. The van der Waals surface area contributed by atoms with Gasteiger partial charge < -0.3 is 0 Å². The molecule has 0 heterocycles. The molecule has 0 aliphatic carbocycles. The Balaban J connectivity index is 0.000000396. The van der Waals surface area contributed by atoms with Crippen molar-refractivity contribution in [2.75, 3.05) is 0 Å². The number of carbonyl (C=O) groups excluding carboxylic acids is 2. The van der Waals surface area contributed by atoms with Crippen LogP contribution in [0.2, 0.25) is 0 Å². The molecule has 1 rings (SSSR count). The Morgan fingerprint density at radius 1 is 1.35 bits per heavy atom. The zero-order chi connectivity index (χ0) is 15.6. The summed E-state index contributed by atoms with van der Waals surface area (Å²) < 4.78 is 0. The van der Waals surface area contributed by atoms with Gasteiger partial charge in [0.15, 0.2) is 0 Å². The van der Waals surface area contributed by atoms with Gasteiger partial charge in [-0.05, 0) is 30.4 Å². The monoisotopic (exact) mass is 275 g/mol. The molecule has 1 aromatic rings. The Labute approximate surface area is 122 Å². The van der Waals surface area contributed by atoms with E-state index in [-0.39, 0.29) is 5.91 Å². The Bertz CT molecular complexity index is 450. The first-order valence-corrected chi connectivity index (χ1v) is 6.79. The highest BCUT2D eigenvalue weighted by molar-refractivity contribution is 6.00. The van der Waals surface area contributed by atoms with Crippen LogP contribution in [-0.4, -0.2) is 12.3 Å². The molecule has 0 aromatic heterocycles. The minimum Gasteiger partial charge on any atom is -0.295 e. The molecule has 20 heavy (non-hydrogen) atoms. The van der Waals surface area contributed by atoms with Crippen molar-refractivity contribution in [2.24, 2.45) is 5.41 Å². The summed E-state index contributed by atoms with van der Waals surface area (Å²) >= 11 is 0. The lowest BCUT2D eigenvalue weighted by Gasteiger charge is -2.19. The molecular formula is C17H25NO2. The van der Waals surface area contributed by atoms with Crippen LogP contribution in [0.1, 0.15) is 49.5 Å². The third kappa shape index (κ3) is 6.88. The first-order chi connectivity index (χ1) is 9.37. The minimum absolute atomic E-state index is 0.358. The molecule has 1 aromatic carbocycles. The maximum atomic E-state index is 11.1. The van der Waals surface area contributed by atoms with Crippen LogP contribution in [-0.2, 0) is 4.79 Å². The first kappa shape index (κ1) is 18.1. The second-order valence-corrected chi connectivity index (χ2v) is 5.42. The van der Waals surface area contributed by atoms with Crippen molar-refractivity contribution in [3.8, 4) is 0 Å². The second kappa shape index (κ2) is 9.08. The van der Waals surface area contributed by atoms with E-state index >= 15 is 0 Å². The lowest BCUT2D eigenvalue weighted by molar-refractivity contribution is -0.108. The van der Waals surface area contributed by atoms with Crippen molar-refractivity contribution in [1.82, 2.24) is 5.32 Å². The van der Waals surface area contributed by atoms with Gasteiger partial charge in [-0.15, -0.1) is 6.58 Å². The SMILES string of the molecule is C=CCC(C)(C)CC.Cc1ccccc1C(=O)NC=O. The summed E-state index contributed by atoms with van der Waals surface area (Å²) in [7, 11) is 0. The fourth-order valence-corrected chi connectivity index (χ4v) is 1.49. The summed E-state index contributed by atoms with van der Waals surface area (Å²) in [6.07, 6.45) is 4.74. The Kier molecular flexibility index (Phi) is 8.21. The Morgan fingerprint density at radius 3 is 2.35 bits per heavy atom. The molecule has 0 aliphatic rings. The van der Waals surface area contributed by atoms with Gasteiger partial charge in [0.05, 0.1) is 0 Å². The molecule has 0 radical (unpaired) electrons. The summed E-state index contributed by atoms with van der Waals surface area (Å²) in [5, 5.41) is 2.08. The van der Waals surface area contributed by atoms with Gasteiger partial charge in [-0.25, -0.2) is 0 Å². The number of nitrogens with one attached hydrogen (secondary N) is 1. The number of carbonyl (C=O) groups is 2. The summed E-state index contributed by atoms with van der Waals surface area (Å²) in [5.41, 5.74) is 1.86. The number of benzene rings is 1. The molecule has 110 valence electrons. The number of allylic oxidation sites excluding steroid dienone is 1. The van der Waals surface area contributed by atoms with Crippen molar-refractivity contribution in [3.63, 3.8) is 0 Å². The smallest absolute Gasteiger partial charge is 0.257 e. The number of hydrogen-bond acceptors (Lipinski definition) is 2. The molecule has 0 unspecified atom stereocenters. The van der Waals surface area contributed by atoms with Gasteiger partial charge in [0, 0.05) is 5.56 Å². The van der Waals surface area contributed by atoms with Gasteiger partial charge in [-0.3, -0.25) is 14.9 Å². The molecular weight excluding hydrogens is 250 g/mol. The molecule has 0 bridgehead atoms. The van der Waals surface area contributed by atoms with E-state index in [1.807, 2.05) is 25.1 Å². The van der Waals surface area contributed by atoms with Crippen LogP contribution >= 0.6 is 0 Å². The molecule has 1 N–H and O–H groups in total. The normalized spacial score (nSPS) is 10.0. The van der Waals surface area contributed by atoms with Gasteiger partial charge in [-0.2, -0.15) is 0 Å². The Morgan fingerprint density at radius 2 is 1.95 bits per heavy atom. The molecule has 0 atom stereocenters. The number of hydrogen-bond donors (Lipinski definition) is 1. The van der Waals surface area contributed by atoms with E-state index in [2.05, 4.69) is 32.7 Å². The van der Waals surface area contributed by atoms with E-state index in [9.17, 15) is 9.59 Å². The van der Waals surface area contributed by atoms with Gasteiger partial charge >= 0.3 is 0 Å². The van der Waals surface area contributed by atoms with Crippen LogP contribution in [0, 0.1) is 12.3 Å². The van der Waals surface area contributed by atoms with Crippen molar-refractivity contribution >= 4 is 12.3 Å². The van der Waals surface area contributed by atoms with Crippen molar-refractivity contribution < 1.29 is 9.59 Å². The number of rotatable bonds is 5. The average Bonchev–Trinajstić information content (AvgIpc) is 2.40. The van der Waals surface area contributed by atoms with Crippen molar-refractivity contribution in [3.05, 3.63) is 48.0 Å². The van der Waals surface area contributed by atoms with E-state index in [0.717, 1.165) is 12.0 Å². The van der Waals surface area contributed by atoms with Crippen LogP contribution < -0.4 is 5.32 Å². The van der Waals surface area contributed by atoms with Gasteiger partial charge in [0.25, 0.3) is 5.91 Å². The van der Waals surface area contributed by atoms with Crippen LogP contribution in [0.25, 0.3) is 0 Å². The average molecular weight is 275 g/mol. The molecule has 0 aliphatic heterocycles. The molecule has 2 amide bonds. The van der Waals surface area contributed by atoms with Crippen LogP contribution in [0.4, 0.5) is 0 Å². The second-order valence-electron chi connectivity index (χ2n) is 5.42. The van der Waals surface area contributed by atoms with E-state index in [0.29, 0.717) is 17.4 Å². The molecule has 3 heteroatoms. The topological polar surface area (TPSA) is 46.2 Å². The predicted octanol–water partition coefficient (Wildman–Crippen LogP) is 3.88. The summed E-state index contributed by atoms with van der Waals surface area (Å²) in [6, 6.07) is 7.09. The zero-order valence-corrected chi connectivity index (χ0v) is 12.9. The number of aryl methyl sites for hydroxylation is 1. The standard InChI is InChI=1S/C9H9NO2.C8H16/c1-7-4-2-3-5-8(7)9(12)10-6-11;1-5-7-8(3,4)6-2/h2-6H,1H3,(H,10,11,12);5H,1,6-7H2,2-4H3. The predicted molar refractivity (Wildman–Crippen MR) is 83.6 cm³/mol. The number of imide groups is 1. The van der Waals surface area contributed by atoms with Crippen LogP contribution in [0.15, 0.2) is 36.9 Å². The highest BCUT2D eigenvalue weighted by Crippen LogP contribution is 2.23. The first-order valence-electron chi connectivity index (χ1n) is 6.79. The lowest BCUT2D eigenvalue weighted by Crippen LogP contribution is -2.21. The van der Waals surface area contributed by atoms with Gasteiger partial charge in [0.2, 0.25) is 6.41 Å². The highest BCUT2D eigenvalue weighted by atomic mass is 16.2. The maximum Gasteiger partial charge on any atom is 0.257 e. The van der Waals surface area contributed by atoms with Crippen molar-refractivity contribution in [2.45, 2.75) is 40.5 Å². The zero-order valence-electron chi connectivity index (χ0n) is 12.9. The van der Waals surface area contributed by atoms with E-state index in [4.69, 9.17) is 0 Å². The Hall–Kier alpha value is -1.90. The fraction of sp³-hybridized carbons (Fsp3) is 0.412. The van der Waals surface area contributed by atoms with Crippen molar-refractivity contribution in [1.29, 1.82) is 0 Å². The largest absolute Gasteiger partial charge is 0.295 e. The van der Waals surface area contributed by atoms with Crippen LogP contribution in [0.5, 0.6) is 0 Å². The lowest BCUT2D eigenvalue weighted by atomic mass is 9.87. The van der Waals surface area contributed by atoms with Gasteiger partial charge in [-0.1, -0.05) is 51.5 Å². The van der Waals surface area contributed by atoms with E-state index < -0.39 is 0 Å². The highest BCUT2D eigenvalue weighted by Gasteiger charge is 2.11. The number of amides is 2.